The van der Waals surface area contributed by atoms with E-state index >= 15 is 0 Å². The number of hydrogen-bond acceptors (Lipinski definition) is 6. The number of sulfone groups is 1. The van der Waals surface area contributed by atoms with Crippen LogP contribution in [-0.4, -0.2) is 67.6 Å². The van der Waals surface area contributed by atoms with Gasteiger partial charge in [0.15, 0.2) is 15.7 Å². The number of imidazole rings is 1. The van der Waals surface area contributed by atoms with Crippen molar-refractivity contribution in [2.75, 3.05) is 31.8 Å². The van der Waals surface area contributed by atoms with Crippen LogP contribution in [0, 0.1) is 0 Å². The predicted octanol–water partition coefficient (Wildman–Crippen LogP) is -0.0974. The SMILES string of the molecule is COCCCNC(=O)c1nc(C(=O)NC2CCS(=O)(=O)C2)c2n1CCCC2. The van der Waals surface area contributed by atoms with Crippen LogP contribution in [0.2, 0.25) is 0 Å². The summed E-state index contributed by atoms with van der Waals surface area (Å²) in [6.45, 7) is 1.67. The third-order valence-electron chi connectivity index (χ3n) is 4.91. The van der Waals surface area contributed by atoms with Crippen molar-refractivity contribution in [2.45, 2.75) is 44.7 Å². The van der Waals surface area contributed by atoms with E-state index in [4.69, 9.17) is 4.74 Å². The highest BCUT2D eigenvalue weighted by atomic mass is 32.2. The molecule has 3 heterocycles. The Kier molecular flexibility index (Phi) is 6.15. The zero-order valence-corrected chi connectivity index (χ0v) is 16.3. The van der Waals surface area contributed by atoms with Crippen LogP contribution in [0.3, 0.4) is 0 Å². The maximum Gasteiger partial charge on any atom is 0.287 e. The minimum Gasteiger partial charge on any atom is -0.385 e. The van der Waals surface area contributed by atoms with E-state index in [1.807, 2.05) is 4.57 Å². The van der Waals surface area contributed by atoms with Crippen molar-refractivity contribution in [1.82, 2.24) is 20.2 Å². The van der Waals surface area contributed by atoms with Gasteiger partial charge in [0.1, 0.15) is 5.69 Å². The van der Waals surface area contributed by atoms with Gasteiger partial charge in [-0.25, -0.2) is 13.4 Å². The summed E-state index contributed by atoms with van der Waals surface area (Å²) in [7, 11) is -1.47. The predicted molar refractivity (Wildman–Crippen MR) is 98.5 cm³/mol. The molecule has 2 amide bonds. The van der Waals surface area contributed by atoms with Gasteiger partial charge >= 0.3 is 0 Å². The molecule has 0 aromatic carbocycles. The van der Waals surface area contributed by atoms with Crippen LogP contribution in [0.5, 0.6) is 0 Å². The van der Waals surface area contributed by atoms with Gasteiger partial charge in [0.25, 0.3) is 11.8 Å². The third-order valence-corrected chi connectivity index (χ3v) is 6.68. The van der Waals surface area contributed by atoms with Crippen LogP contribution in [-0.2, 0) is 27.5 Å². The molecule has 1 aromatic rings. The number of fused-ring (bicyclic) bond motifs is 1. The van der Waals surface area contributed by atoms with Gasteiger partial charge in [0, 0.05) is 32.8 Å². The van der Waals surface area contributed by atoms with Crippen LogP contribution < -0.4 is 10.6 Å². The van der Waals surface area contributed by atoms with E-state index in [1.165, 1.54) is 0 Å². The number of aromatic nitrogens is 2. The third kappa shape index (κ3) is 4.67. The zero-order valence-electron chi connectivity index (χ0n) is 15.5. The van der Waals surface area contributed by atoms with Crippen molar-refractivity contribution in [2.24, 2.45) is 0 Å². The van der Waals surface area contributed by atoms with Gasteiger partial charge in [-0.3, -0.25) is 9.59 Å². The largest absolute Gasteiger partial charge is 0.385 e. The summed E-state index contributed by atoms with van der Waals surface area (Å²) in [4.78, 5) is 29.5. The second-order valence-electron chi connectivity index (χ2n) is 7.02. The van der Waals surface area contributed by atoms with E-state index in [0.29, 0.717) is 39.0 Å². The summed E-state index contributed by atoms with van der Waals surface area (Å²) < 4.78 is 30.0. The molecule has 2 N–H and O–H groups in total. The van der Waals surface area contributed by atoms with Gasteiger partial charge in [-0.2, -0.15) is 0 Å². The molecule has 2 aliphatic rings. The first kappa shape index (κ1) is 19.8. The quantitative estimate of drug-likeness (QED) is 0.619. The minimum absolute atomic E-state index is 0.0401. The molecule has 0 radical (unpaired) electrons. The first-order valence-corrected chi connectivity index (χ1v) is 11.1. The monoisotopic (exact) mass is 398 g/mol. The van der Waals surface area contributed by atoms with Crippen LogP contribution >= 0.6 is 0 Å². The van der Waals surface area contributed by atoms with Crippen LogP contribution in [0.25, 0.3) is 0 Å². The zero-order chi connectivity index (χ0) is 19.4. The standard InChI is InChI=1S/C17H26N4O5S/c1-26-9-4-7-18-17(23)15-20-14(13-5-2-3-8-21(13)15)16(22)19-12-6-10-27(24,25)11-12/h12H,2-11H2,1H3,(H,18,23)(H,19,22). The molecule has 0 bridgehead atoms. The van der Waals surface area contributed by atoms with E-state index in [9.17, 15) is 18.0 Å². The Morgan fingerprint density at radius 1 is 1.30 bits per heavy atom. The molecule has 2 aliphatic heterocycles. The van der Waals surface area contributed by atoms with Gasteiger partial charge in [-0.05, 0) is 32.1 Å². The fraction of sp³-hybridized carbons (Fsp3) is 0.706. The number of carbonyl (C=O) groups is 2. The highest BCUT2D eigenvalue weighted by Crippen LogP contribution is 2.22. The lowest BCUT2D eigenvalue weighted by Gasteiger charge is -2.17. The summed E-state index contributed by atoms with van der Waals surface area (Å²) in [6.07, 6.45) is 3.64. The van der Waals surface area contributed by atoms with Crippen LogP contribution in [0.15, 0.2) is 0 Å². The Labute approximate surface area is 158 Å². The lowest BCUT2D eigenvalue weighted by molar-refractivity contribution is 0.0932. The lowest BCUT2D eigenvalue weighted by Crippen LogP contribution is -2.36. The summed E-state index contributed by atoms with van der Waals surface area (Å²) in [5.74, 6) is -0.417. The van der Waals surface area contributed by atoms with E-state index < -0.39 is 21.8 Å². The molecule has 1 aromatic heterocycles. The number of nitrogens with one attached hydrogen (secondary N) is 2. The number of ether oxygens (including phenoxy) is 1. The number of methoxy groups -OCH3 is 1. The summed E-state index contributed by atoms with van der Waals surface area (Å²) in [5, 5.41) is 5.58. The molecule has 150 valence electrons. The smallest absolute Gasteiger partial charge is 0.287 e. The van der Waals surface area contributed by atoms with Crippen molar-refractivity contribution in [3.63, 3.8) is 0 Å². The molecule has 0 aliphatic carbocycles. The molecule has 9 nitrogen and oxygen atoms in total. The average Bonchev–Trinajstić information content (AvgIpc) is 3.18. The van der Waals surface area contributed by atoms with Gasteiger partial charge in [0.2, 0.25) is 0 Å². The number of nitrogens with zero attached hydrogens (tertiary/aromatic N) is 2. The van der Waals surface area contributed by atoms with Crippen molar-refractivity contribution in [1.29, 1.82) is 0 Å². The molecule has 1 saturated heterocycles. The molecule has 1 unspecified atom stereocenters. The topological polar surface area (TPSA) is 119 Å². The highest BCUT2D eigenvalue weighted by molar-refractivity contribution is 7.91. The molecule has 0 saturated carbocycles. The first-order valence-electron chi connectivity index (χ1n) is 9.29. The number of hydrogen-bond donors (Lipinski definition) is 2. The number of rotatable bonds is 7. The molecule has 10 heteroatoms. The molecular formula is C17H26N4O5S. The molecule has 1 atom stereocenters. The Balaban J connectivity index is 1.74. The fourth-order valence-corrected chi connectivity index (χ4v) is 5.23. The maximum absolute atomic E-state index is 12.7. The van der Waals surface area contributed by atoms with E-state index in [-0.39, 0.29) is 28.9 Å². The normalized spacial score (nSPS) is 20.9. The number of amides is 2. The van der Waals surface area contributed by atoms with Crippen molar-refractivity contribution in [3.8, 4) is 0 Å². The minimum atomic E-state index is -3.08. The lowest BCUT2D eigenvalue weighted by atomic mass is 10.1. The average molecular weight is 398 g/mol. The molecule has 0 spiro atoms. The van der Waals surface area contributed by atoms with Crippen molar-refractivity contribution >= 4 is 21.7 Å². The maximum atomic E-state index is 12.7. The molecule has 1 fully saturated rings. The summed E-state index contributed by atoms with van der Waals surface area (Å²) in [5.41, 5.74) is 0.989. The van der Waals surface area contributed by atoms with E-state index in [2.05, 4.69) is 15.6 Å². The van der Waals surface area contributed by atoms with Gasteiger partial charge in [-0.1, -0.05) is 0 Å². The summed E-state index contributed by atoms with van der Waals surface area (Å²) in [6, 6.07) is -0.394. The van der Waals surface area contributed by atoms with E-state index in [1.54, 1.807) is 7.11 Å². The number of carbonyl (C=O) groups excluding carboxylic acids is 2. The molecule has 27 heavy (non-hydrogen) atoms. The van der Waals surface area contributed by atoms with Crippen LogP contribution in [0.1, 0.15) is 52.5 Å². The Hall–Kier alpha value is -1.94. The van der Waals surface area contributed by atoms with Gasteiger partial charge in [0.05, 0.1) is 17.2 Å². The van der Waals surface area contributed by atoms with Crippen molar-refractivity contribution in [3.05, 3.63) is 17.2 Å². The van der Waals surface area contributed by atoms with Gasteiger partial charge < -0.3 is 19.9 Å². The first-order chi connectivity index (χ1) is 12.9. The van der Waals surface area contributed by atoms with Crippen molar-refractivity contribution < 1.29 is 22.7 Å². The second kappa shape index (κ2) is 8.39. The summed E-state index contributed by atoms with van der Waals surface area (Å²) >= 11 is 0. The molecule has 3 rings (SSSR count). The Morgan fingerprint density at radius 2 is 2.11 bits per heavy atom. The Bertz CT molecular complexity index is 818. The molecular weight excluding hydrogens is 372 g/mol. The van der Waals surface area contributed by atoms with Gasteiger partial charge in [-0.15, -0.1) is 0 Å². The Morgan fingerprint density at radius 3 is 2.81 bits per heavy atom. The van der Waals surface area contributed by atoms with E-state index in [0.717, 1.165) is 18.5 Å². The van der Waals surface area contributed by atoms with Crippen LogP contribution in [0.4, 0.5) is 0 Å². The fourth-order valence-electron chi connectivity index (χ4n) is 3.56. The second-order valence-corrected chi connectivity index (χ2v) is 9.24. The highest BCUT2D eigenvalue weighted by Gasteiger charge is 2.32.